The summed E-state index contributed by atoms with van der Waals surface area (Å²) in [6, 6.07) is 12.8. The molecule has 3 aromatic carbocycles. The van der Waals surface area contributed by atoms with Crippen molar-refractivity contribution in [3.8, 4) is 45.4 Å². The van der Waals surface area contributed by atoms with Crippen molar-refractivity contribution in [1.82, 2.24) is 0 Å². The Labute approximate surface area is 164 Å². The summed E-state index contributed by atoms with van der Waals surface area (Å²) in [6.07, 6.45) is 0. The van der Waals surface area contributed by atoms with Gasteiger partial charge in [-0.2, -0.15) is 0 Å². The van der Waals surface area contributed by atoms with Gasteiger partial charge < -0.3 is 29.6 Å². The first-order valence-corrected chi connectivity index (χ1v) is 8.58. The predicted octanol–water partition coefficient (Wildman–Crippen LogP) is 4.38. The maximum absolute atomic E-state index is 12.4. The molecular formula is C22H16O7. The number of phenolic OH excluding ortho intramolecular Hbond substituents is 4. The number of aromatic hydroxyl groups is 4. The molecule has 7 nitrogen and oxygen atoms in total. The molecule has 4 aromatic rings. The summed E-state index contributed by atoms with van der Waals surface area (Å²) >= 11 is 0. The Balaban J connectivity index is 2.14. The van der Waals surface area contributed by atoms with E-state index in [4.69, 9.17) is 9.15 Å². The molecule has 0 saturated heterocycles. The number of esters is 1. The Hall–Kier alpha value is -4.13. The molecule has 1 aromatic heterocycles. The van der Waals surface area contributed by atoms with Gasteiger partial charge in [-0.05, 0) is 48.0 Å². The zero-order valence-corrected chi connectivity index (χ0v) is 15.2. The predicted molar refractivity (Wildman–Crippen MR) is 105 cm³/mol. The normalized spacial score (nSPS) is 10.9. The number of phenols is 4. The van der Waals surface area contributed by atoms with Crippen molar-refractivity contribution in [3.63, 3.8) is 0 Å². The highest BCUT2D eigenvalue weighted by molar-refractivity contribution is 6.13. The van der Waals surface area contributed by atoms with Crippen molar-refractivity contribution >= 4 is 16.9 Å². The fourth-order valence-corrected chi connectivity index (χ4v) is 3.32. The summed E-state index contributed by atoms with van der Waals surface area (Å²) in [5.41, 5.74) is 1.66. The second-order valence-electron chi connectivity index (χ2n) is 6.45. The second kappa shape index (κ2) is 6.79. The Morgan fingerprint density at radius 3 is 2.03 bits per heavy atom. The van der Waals surface area contributed by atoms with Gasteiger partial charge in [0.1, 0.15) is 34.3 Å². The van der Waals surface area contributed by atoms with Crippen molar-refractivity contribution in [3.05, 3.63) is 60.2 Å². The van der Waals surface area contributed by atoms with E-state index in [-0.39, 0.29) is 34.1 Å². The first kappa shape index (κ1) is 18.2. The lowest BCUT2D eigenvalue weighted by Gasteiger charge is -2.08. The summed E-state index contributed by atoms with van der Waals surface area (Å²) < 4.78 is 10.8. The van der Waals surface area contributed by atoms with Crippen molar-refractivity contribution in [2.24, 2.45) is 0 Å². The number of fused-ring (bicyclic) bond motifs is 1. The number of hydrogen-bond acceptors (Lipinski definition) is 7. The van der Waals surface area contributed by atoms with E-state index in [1.165, 1.54) is 49.6 Å². The average Bonchev–Trinajstić information content (AvgIpc) is 3.05. The number of rotatable bonds is 3. The summed E-state index contributed by atoms with van der Waals surface area (Å²) in [5, 5.41) is 39.9. The van der Waals surface area contributed by atoms with Crippen LogP contribution in [0.25, 0.3) is 33.4 Å². The minimum Gasteiger partial charge on any atom is -0.508 e. The number of carbonyl (C=O) groups excluding carboxylic acids is 1. The van der Waals surface area contributed by atoms with Gasteiger partial charge in [0.2, 0.25) is 0 Å². The summed E-state index contributed by atoms with van der Waals surface area (Å²) in [4.78, 5) is 12.4. The molecule has 7 heteroatoms. The fourth-order valence-electron chi connectivity index (χ4n) is 3.32. The molecule has 0 unspecified atom stereocenters. The summed E-state index contributed by atoms with van der Waals surface area (Å²) in [7, 11) is 1.22. The Kier molecular flexibility index (Phi) is 4.27. The van der Waals surface area contributed by atoms with E-state index in [0.717, 1.165) is 0 Å². The van der Waals surface area contributed by atoms with Crippen LogP contribution in [0.2, 0.25) is 0 Å². The molecule has 0 aliphatic rings. The van der Waals surface area contributed by atoms with Crippen LogP contribution in [0.1, 0.15) is 10.4 Å². The maximum atomic E-state index is 12.4. The minimum atomic E-state index is -0.686. The molecule has 4 rings (SSSR count). The van der Waals surface area contributed by atoms with E-state index in [0.29, 0.717) is 27.8 Å². The van der Waals surface area contributed by atoms with Crippen LogP contribution >= 0.6 is 0 Å². The largest absolute Gasteiger partial charge is 0.508 e. The van der Waals surface area contributed by atoms with E-state index in [2.05, 4.69) is 0 Å². The van der Waals surface area contributed by atoms with Gasteiger partial charge in [0.05, 0.1) is 12.7 Å². The second-order valence-corrected chi connectivity index (χ2v) is 6.45. The number of methoxy groups -OCH3 is 1. The molecule has 0 bridgehead atoms. The van der Waals surface area contributed by atoms with E-state index < -0.39 is 5.97 Å². The Morgan fingerprint density at radius 1 is 0.793 bits per heavy atom. The lowest BCUT2D eigenvalue weighted by Crippen LogP contribution is -2.02. The molecule has 4 N–H and O–H groups in total. The summed E-state index contributed by atoms with van der Waals surface area (Å²) in [6.45, 7) is 0. The summed E-state index contributed by atoms with van der Waals surface area (Å²) in [5.74, 6) is -0.840. The van der Waals surface area contributed by atoms with Crippen LogP contribution in [-0.2, 0) is 4.74 Å². The van der Waals surface area contributed by atoms with E-state index in [9.17, 15) is 25.2 Å². The first-order chi connectivity index (χ1) is 13.9. The van der Waals surface area contributed by atoms with Gasteiger partial charge >= 0.3 is 5.97 Å². The van der Waals surface area contributed by atoms with Gasteiger partial charge in [-0.1, -0.05) is 0 Å². The molecule has 0 saturated carbocycles. The lowest BCUT2D eigenvalue weighted by molar-refractivity contribution is 0.0602. The number of ether oxygens (including phenoxy) is 1. The van der Waals surface area contributed by atoms with Gasteiger partial charge in [0, 0.05) is 28.6 Å². The number of benzene rings is 3. The van der Waals surface area contributed by atoms with Crippen LogP contribution in [0, 0.1) is 0 Å². The molecule has 0 amide bonds. The Bertz CT molecular complexity index is 1220. The highest BCUT2D eigenvalue weighted by atomic mass is 16.5. The zero-order valence-electron chi connectivity index (χ0n) is 15.2. The first-order valence-electron chi connectivity index (χ1n) is 8.58. The molecule has 0 radical (unpaired) electrons. The third-order valence-corrected chi connectivity index (χ3v) is 4.50. The third kappa shape index (κ3) is 3.19. The van der Waals surface area contributed by atoms with Crippen molar-refractivity contribution in [2.75, 3.05) is 7.11 Å². The molecule has 0 spiro atoms. The highest BCUT2D eigenvalue weighted by Gasteiger charge is 2.25. The van der Waals surface area contributed by atoms with E-state index in [1.54, 1.807) is 12.1 Å². The average molecular weight is 392 g/mol. The van der Waals surface area contributed by atoms with Crippen LogP contribution in [0.4, 0.5) is 0 Å². The monoisotopic (exact) mass is 392 g/mol. The van der Waals surface area contributed by atoms with E-state index >= 15 is 0 Å². The molecular weight excluding hydrogens is 376 g/mol. The highest BCUT2D eigenvalue weighted by Crippen LogP contribution is 2.45. The maximum Gasteiger partial charge on any atom is 0.338 e. The molecule has 0 fully saturated rings. The topological polar surface area (TPSA) is 120 Å². The van der Waals surface area contributed by atoms with Crippen molar-refractivity contribution in [1.29, 1.82) is 0 Å². The minimum absolute atomic E-state index is 0.0640. The number of hydrogen-bond donors (Lipinski definition) is 4. The van der Waals surface area contributed by atoms with Crippen LogP contribution in [0.15, 0.2) is 59.0 Å². The van der Waals surface area contributed by atoms with Gasteiger partial charge in [-0.3, -0.25) is 0 Å². The smallest absolute Gasteiger partial charge is 0.338 e. The number of carbonyl (C=O) groups is 1. The van der Waals surface area contributed by atoms with Gasteiger partial charge in [0.15, 0.2) is 0 Å². The van der Waals surface area contributed by atoms with Crippen LogP contribution in [0.5, 0.6) is 23.0 Å². The third-order valence-electron chi connectivity index (χ3n) is 4.50. The fraction of sp³-hybridized carbons (Fsp3) is 0.0455. The van der Waals surface area contributed by atoms with Gasteiger partial charge in [-0.25, -0.2) is 4.79 Å². The molecule has 0 aliphatic carbocycles. The lowest BCUT2D eigenvalue weighted by atomic mass is 9.95. The molecule has 0 atom stereocenters. The molecule has 0 aliphatic heterocycles. The quantitative estimate of drug-likeness (QED) is 0.382. The molecule has 1 heterocycles. The van der Waals surface area contributed by atoms with Crippen LogP contribution in [0.3, 0.4) is 0 Å². The van der Waals surface area contributed by atoms with Gasteiger partial charge in [-0.15, -0.1) is 0 Å². The van der Waals surface area contributed by atoms with E-state index in [1.807, 2.05) is 0 Å². The Morgan fingerprint density at radius 2 is 1.41 bits per heavy atom. The standard InChI is InChI=1S/C22H16O7/c1-28-22(27)17-9-16(26)10-18-20(17)19(12-6-14(24)8-15(25)7-12)21(29-18)11-2-4-13(23)5-3-11/h2-10,23-26H,1H3. The van der Waals surface area contributed by atoms with Gasteiger partial charge in [0.25, 0.3) is 0 Å². The van der Waals surface area contributed by atoms with Crippen molar-refractivity contribution in [2.45, 2.75) is 0 Å². The molecule has 29 heavy (non-hydrogen) atoms. The van der Waals surface area contributed by atoms with Crippen molar-refractivity contribution < 1.29 is 34.4 Å². The number of furan rings is 1. The van der Waals surface area contributed by atoms with Crippen LogP contribution in [-0.4, -0.2) is 33.5 Å². The molecule has 146 valence electrons. The zero-order chi connectivity index (χ0) is 20.7. The van der Waals surface area contributed by atoms with Crippen LogP contribution < -0.4 is 0 Å². The SMILES string of the molecule is COC(=O)c1cc(O)cc2oc(-c3ccc(O)cc3)c(-c3cc(O)cc(O)c3)c12.